The van der Waals surface area contributed by atoms with Gasteiger partial charge in [-0.05, 0) is 48.7 Å². The van der Waals surface area contributed by atoms with Crippen LogP contribution in [0.25, 0.3) is 0 Å². The molecule has 2 rings (SSSR count). The molecular formula is C14H13ClN2O2S. The van der Waals surface area contributed by atoms with Gasteiger partial charge >= 0.3 is 0 Å². The number of hydrogen-bond acceptors (Lipinski definition) is 4. The minimum atomic E-state index is -0.0526. The SMILES string of the molecule is CSc1ccc(Oc2ccc(Cl)cc2C(N)=NO)cc1. The lowest BCUT2D eigenvalue weighted by atomic mass is 10.2. The summed E-state index contributed by atoms with van der Waals surface area (Å²) in [7, 11) is 0. The molecule has 4 nitrogen and oxygen atoms in total. The maximum atomic E-state index is 8.80. The van der Waals surface area contributed by atoms with Crippen molar-refractivity contribution in [1.82, 2.24) is 0 Å². The molecule has 2 aromatic rings. The number of amidine groups is 1. The highest BCUT2D eigenvalue weighted by atomic mass is 35.5. The summed E-state index contributed by atoms with van der Waals surface area (Å²) in [6.45, 7) is 0. The van der Waals surface area contributed by atoms with Gasteiger partial charge in [0.2, 0.25) is 0 Å². The standard InChI is InChI=1S/C14H13ClN2O2S/c1-20-11-5-3-10(4-6-11)19-13-7-2-9(15)8-12(13)14(16)17-18/h2-8,18H,1H3,(H2,16,17). The quantitative estimate of drug-likeness (QED) is 0.295. The molecule has 0 heterocycles. The fourth-order valence-electron chi connectivity index (χ4n) is 1.62. The monoisotopic (exact) mass is 308 g/mol. The minimum absolute atomic E-state index is 0.0526. The Morgan fingerprint density at radius 3 is 2.55 bits per heavy atom. The van der Waals surface area contributed by atoms with Crippen molar-refractivity contribution in [3.63, 3.8) is 0 Å². The molecule has 0 saturated carbocycles. The summed E-state index contributed by atoms with van der Waals surface area (Å²) in [5.74, 6) is 1.09. The van der Waals surface area contributed by atoms with Crippen LogP contribution in [0.1, 0.15) is 5.56 Å². The predicted octanol–water partition coefficient (Wildman–Crippen LogP) is 3.95. The van der Waals surface area contributed by atoms with Gasteiger partial charge in [-0.2, -0.15) is 0 Å². The highest BCUT2D eigenvalue weighted by Gasteiger charge is 2.10. The molecule has 104 valence electrons. The van der Waals surface area contributed by atoms with Crippen molar-refractivity contribution < 1.29 is 9.94 Å². The molecule has 20 heavy (non-hydrogen) atoms. The number of ether oxygens (including phenoxy) is 1. The first-order chi connectivity index (χ1) is 9.63. The van der Waals surface area contributed by atoms with E-state index in [9.17, 15) is 0 Å². The van der Waals surface area contributed by atoms with Crippen LogP contribution >= 0.6 is 23.4 Å². The van der Waals surface area contributed by atoms with Crippen LogP contribution in [-0.4, -0.2) is 17.3 Å². The maximum absolute atomic E-state index is 8.80. The first kappa shape index (κ1) is 14.6. The van der Waals surface area contributed by atoms with Crippen molar-refractivity contribution in [3.05, 3.63) is 53.1 Å². The summed E-state index contributed by atoms with van der Waals surface area (Å²) in [5, 5.41) is 12.3. The van der Waals surface area contributed by atoms with Crippen molar-refractivity contribution >= 4 is 29.2 Å². The Hall–Kier alpha value is -1.85. The molecule has 0 atom stereocenters. The summed E-state index contributed by atoms with van der Waals surface area (Å²) in [4.78, 5) is 1.14. The van der Waals surface area contributed by atoms with Crippen LogP contribution in [0, 0.1) is 0 Å². The van der Waals surface area contributed by atoms with Crippen molar-refractivity contribution in [2.24, 2.45) is 10.9 Å². The normalized spacial score (nSPS) is 11.4. The Labute approximate surface area is 126 Å². The van der Waals surface area contributed by atoms with Crippen LogP contribution in [0.15, 0.2) is 52.5 Å². The van der Waals surface area contributed by atoms with E-state index in [4.69, 9.17) is 27.3 Å². The van der Waals surface area contributed by atoms with Gasteiger partial charge in [-0.25, -0.2) is 0 Å². The number of hydrogen-bond donors (Lipinski definition) is 2. The molecule has 3 N–H and O–H groups in total. The molecule has 0 aliphatic carbocycles. The predicted molar refractivity (Wildman–Crippen MR) is 82.3 cm³/mol. The van der Waals surface area contributed by atoms with Crippen molar-refractivity contribution in [2.45, 2.75) is 4.90 Å². The van der Waals surface area contributed by atoms with Crippen LogP contribution < -0.4 is 10.5 Å². The number of halogens is 1. The lowest BCUT2D eigenvalue weighted by molar-refractivity contribution is 0.318. The van der Waals surface area contributed by atoms with Gasteiger partial charge in [0.05, 0.1) is 5.56 Å². The van der Waals surface area contributed by atoms with Gasteiger partial charge < -0.3 is 15.7 Å². The van der Waals surface area contributed by atoms with Gasteiger partial charge in [-0.3, -0.25) is 0 Å². The minimum Gasteiger partial charge on any atom is -0.457 e. The van der Waals surface area contributed by atoms with E-state index < -0.39 is 0 Å². The van der Waals surface area contributed by atoms with E-state index in [1.807, 2.05) is 30.5 Å². The van der Waals surface area contributed by atoms with E-state index in [1.165, 1.54) is 0 Å². The number of benzene rings is 2. The topological polar surface area (TPSA) is 67.8 Å². The van der Waals surface area contributed by atoms with Crippen molar-refractivity contribution in [1.29, 1.82) is 0 Å². The van der Waals surface area contributed by atoms with E-state index in [-0.39, 0.29) is 5.84 Å². The molecule has 6 heteroatoms. The molecule has 0 fully saturated rings. The average Bonchev–Trinajstić information content (AvgIpc) is 2.49. The van der Waals surface area contributed by atoms with Gasteiger partial charge in [-0.15, -0.1) is 11.8 Å². The smallest absolute Gasteiger partial charge is 0.173 e. The number of nitrogens with two attached hydrogens (primary N) is 1. The molecule has 0 unspecified atom stereocenters. The lowest BCUT2D eigenvalue weighted by Gasteiger charge is -2.11. The third-order valence-electron chi connectivity index (χ3n) is 2.61. The number of oxime groups is 1. The average molecular weight is 309 g/mol. The van der Waals surface area contributed by atoms with E-state index in [2.05, 4.69) is 5.16 Å². The Morgan fingerprint density at radius 1 is 1.25 bits per heavy atom. The van der Waals surface area contributed by atoms with E-state index in [0.717, 1.165) is 4.90 Å². The molecule has 0 spiro atoms. The van der Waals surface area contributed by atoms with Gasteiger partial charge in [0.25, 0.3) is 0 Å². The fraction of sp³-hybridized carbons (Fsp3) is 0.0714. The number of nitrogens with zero attached hydrogens (tertiary/aromatic N) is 1. The van der Waals surface area contributed by atoms with Gasteiger partial charge in [0, 0.05) is 9.92 Å². The highest BCUT2D eigenvalue weighted by molar-refractivity contribution is 7.98. The first-order valence-electron chi connectivity index (χ1n) is 5.73. The molecule has 0 saturated heterocycles. The molecule has 0 bridgehead atoms. The van der Waals surface area contributed by atoms with Gasteiger partial charge in [0.15, 0.2) is 5.84 Å². The molecule has 0 aromatic heterocycles. The molecule has 0 radical (unpaired) electrons. The highest BCUT2D eigenvalue weighted by Crippen LogP contribution is 2.29. The molecule has 0 amide bonds. The van der Waals surface area contributed by atoms with Crippen molar-refractivity contribution in [2.75, 3.05) is 6.26 Å². The molecular weight excluding hydrogens is 296 g/mol. The van der Waals surface area contributed by atoms with E-state index in [1.54, 1.807) is 30.0 Å². The third-order valence-corrected chi connectivity index (χ3v) is 3.59. The fourth-order valence-corrected chi connectivity index (χ4v) is 2.20. The largest absolute Gasteiger partial charge is 0.457 e. The third kappa shape index (κ3) is 3.37. The first-order valence-corrected chi connectivity index (χ1v) is 7.33. The summed E-state index contributed by atoms with van der Waals surface area (Å²) in [5.41, 5.74) is 6.06. The van der Waals surface area contributed by atoms with E-state index >= 15 is 0 Å². The van der Waals surface area contributed by atoms with Gasteiger partial charge in [0.1, 0.15) is 11.5 Å². The Balaban J connectivity index is 2.32. The number of thioether (sulfide) groups is 1. The van der Waals surface area contributed by atoms with Crippen LogP contribution in [0.3, 0.4) is 0 Å². The lowest BCUT2D eigenvalue weighted by Crippen LogP contribution is -2.14. The van der Waals surface area contributed by atoms with E-state index in [0.29, 0.717) is 22.1 Å². The zero-order valence-electron chi connectivity index (χ0n) is 10.7. The van der Waals surface area contributed by atoms with Gasteiger partial charge in [-0.1, -0.05) is 16.8 Å². The summed E-state index contributed by atoms with van der Waals surface area (Å²) in [6.07, 6.45) is 2.01. The second kappa shape index (κ2) is 6.54. The van der Waals surface area contributed by atoms with Crippen LogP contribution in [-0.2, 0) is 0 Å². The van der Waals surface area contributed by atoms with Crippen LogP contribution in [0.5, 0.6) is 11.5 Å². The second-order valence-electron chi connectivity index (χ2n) is 3.90. The molecule has 0 aliphatic rings. The summed E-state index contributed by atoms with van der Waals surface area (Å²) >= 11 is 7.56. The Morgan fingerprint density at radius 2 is 1.95 bits per heavy atom. The number of rotatable bonds is 4. The zero-order valence-corrected chi connectivity index (χ0v) is 12.3. The van der Waals surface area contributed by atoms with Crippen LogP contribution in [0.4, 0.5) is 0 Å². The summed E-state index contributed by atoms with van der Waals surface area (Å²) < 4.78 is 5.75. The molecule has 0 aliphatic heterocycles. The second-order valence-corrected chi connectivity index (χ2v) is 5.22. The zero-order chi connectivity index (χ0) is 14.5. The van der Waals surface area contributed by atoms with Crippen LogP contribution in [0.2, 0.25) is 5.02 Å². The molecule has 2 aromatic carbocycles. The van der Waals surface area contributed by atoms with Crippen molar-refractivity contribution in [3.8, 4) is 11.5 Å². The maximum Gasteiger partial charge on any atom is 0.173 e. The Bertz CT molecular complexity index is 630. The summed E-state index contributed by atoms with van der Waals surface area (Å²) in [6, 6.07) is 12.6. The Kier molecular flexibility index (Phi) is 4.76.